The number of anilines is 1. The van der Waals surface area contributed by atoms with E-state index < -0.39 is 5.91 Å². The van der Waals surface area contributed by atoms with Gasteiger partial charge in [0.15, 0.2) is 0 Å². The quantitative estimate of drug-likeness (QED) is 0.750. The van der Waals surface area contributed by atoms with Gasteiger partial charge >= 0.3 is 0 Å². The average molecular weight is 324 g/mol. The number of carbonyl (C=O) groups is 1. The summed E-state index contributed by atoms with van der Waals surface area (Å²) in [5.74, 6) is -0.394. The minimum atomic E-state index is -0.394. The molecule has 1 aromatic heterocycles. The molecule has 0 aliphatic heterocycles. The minimum absolute atomic E-state index is 0.140. The first-order valence-electron chi connectivity index (χ1n) is 7.14. The van der Waals surface area contributed by atoms with Crippen LogP contribution in [0.2, 0.25) is 0 Å². The molecule has 1 heterocycles. The average Bonchev–Trinajstić information content (AvgIpc) is 2.58. The molecule has 0 aliphatic rings. The highest BCUT2D eigenvalue weighted by atomic mass is 32.2. The van der Waals surface area contributed by atoms with Gasteiger partial charge in [-0.3, -0.25) is 9.59 Å². The monoisotopic (exact) mass is 324 g/mol. The number of pyridine rings is 1. The van der Waals surface area contributed by atoms with Crippen LogP contribution in [0.5, 0.6) is 0 Å². The summed E-state index contributed by atoms with van der Waals surface area (Å²) in [5, 5.41) is 3.34. The first-order chi connectivity index (χ1) is 11.1. The van der Waals surface area contributed by atoms with Crippen molar-refractivity contribution in [3.05, 3.63) is 70.5 Å². The third kappa shape index (κ3) is 3.00. The molecule has 2 aromatic carbocycles. The van der Waals surface area contributed by atoms with Gasteiger partial charge in [0.25, 0.3) is 5.91 Å². The summed E-state index contributed by atoms with van der Waals surface area (Å²) in [4.78, 5) is 26.1. The van der Waals surface area contributed by atoms with Crippen molar-refractivity contribution in [1.29, 1.82) is 0 Å². The first-order valence-corrected chi connectivity index (χ1v) is 8.36. The van der Waals surface area contributed by atoms with Gasteiger partial charge in [0.2, 0.25) is 5.43 Å². The van der Waals surface area contributed by atoms with Gasteiger partial charge in [-0.15, -0.1) is 11.8 Å². The fourth-order valence-electron chi connectivity index (χ4n) is 2.50. The number of carbonyl (C=O) groups excluding carboxylic acids is 1. The van der Waals surface area contributed by atoms with Crippen molar-refractivity contribution in [3.8, 4) is 0 Å². The van der Waals surface area contributed by atoms with Crippen LogP contribution in [-0.2, 0) is 7.05 Å². The Morgan fingerprint density at radius 2 is 1.91 bits per heavy atom. The van der Waals surface area contributed by atoms with E-state index >= 15 is 0 Å². The van der Waals surface area contributed by atoms with Crippen LogP contribution in [0.1, 0.15) is 10.4 Å². The molecule has 116 valence electrons. The number of nitrogens with one attached hydrogen (secondary N) is 1. The predicted octanol–water partition coefficient (Wildman–Crippen LogP) is 3.51. The van der Waals surface area contributed by atoms with Gasteiger partial charge in [-0.05, 0) is 36.6 Å². The lowest BCUT2D eigenvalue weighted by Gasteiger charge is -2.10. The Morgan fingerprint density at radius 1 is 1.13 bits per heavy atom. The predicted molar refractivity (Wildman–Crippen MR) is 95.4 cm³/mol. The number of rotatable bonds is 3. The van der Waals surface area contributed by atoms with Crippen LogP contribution in [0, 0.1) is 0 Å². The summed E-state index contributed by atoms with van der Waals surface area (Å²) in [5.41, 5.74) is 1.37. The number of aromatic nitrogens is 1. The highest BCUT2D eigenvalue weighted by Gasteiger charge is 2.14. The number of para-hydroxylation sites is 1. The van der Waals surface area contributed by atoms with E-state index in [2.05, 4.69) is 5.32 Å². The highest BCUT2D eigenvalue weighted by Crippen LogP contribution is 2.19. The van der Waals surface area contributed by atoms with Crippen molar-refractivity contribution in [3.63, 3.8) is 0 Å². The lowest BCUT2D eigenvalue weighted by atomic mass is 10.1. The van der Waals surface area contributed by atoms with Gasteiger partial charge < -0.3 is 9.88 Å². The number of hydrogen-bond acceptors (Lipinski definition) is 3. The van der Waals surface area contributed by atoms with E-state index in [-0.39, 0.29) is 11.0 Å². The molecule has 0 atom stereocenters. The maximum atomic E-state index is 12.6. The van der Waals surface area contributed by atoms with Crippen LogP contribution < -0.4 is 10.7 Å². The van der Waals surface area contributed by atoms with E-state index in [1.807, 2.05) is 49.7 Å². The maximum Gasteiger partial charge on any atom is 0.261 e. The zero-order valence-corrected chi connectivity index (χ0v) is 13.7. The van der Waals surface area contributed by atoms with Crippen molar-refractivity contribution >= 4 is 34.3 Å². The fraction of sp³-hybridized carbons (Fsp3) is 0.111. The molecule has 0 radical (unpaired) electrons. The highest BCUT2D eigenvalue weighted by molar-refractivity contribution is 7.98. The first kappa shape index (κ1) is 15.4. The van der Waals surface area contributed by atoms with E-state index in [1.165, 1.54) is 0 Å². The van der Waals surface area contributed by atoms with E-state index in [1.54, 1.807) is 34.7 Å². The van der Waals surface area contributed by atoms with Crippen LogP contribution in [-0.4, -0.2) is 16.7 Å². The third-order valence-corrected chi connectivity index (χ3v) is 4.39. The Kier molecular flexibility index (Phi) is 4.21. The number of thioether (sulfide) groups is 1. The topological polar surface area (TPSA) is 51.1 Å². The molecule has 5 heteroatoms. The fourth-order valence-corrected chi connectivity index (χ4v) is 2.96. The number of amides is 1. The molecule has 3 aromatic rings. The van der Waals surface area contributed by atoms with Crippen molar-refractivity contribution in [2.24, 2.45) is 7.05 Å². The molecule has 23 heavy (non-hydrogen) atoms. The molecule has 1 amide bonds. The molecule has 0 spiro atoms. The van der Waals surface area contributed by atoms with Crippen molar-refractivity contribution in [2.45, 2.75) is 4.90 Å². The van der Waals surface area contributed by atoms with Crippen LogP contribution in [0.3, 0.4) is 0 Å². The van der Waals surface area contributed by atoms with E-state index in [9.17, 15) is 9.59 Å². The lowest BCUT2D eigenvalue weighted by Crippen LogP contribution is -2.23. The summed E-state index contributed by atoms with van der Waals surface area (Å²) >= 11 is 1.60. The van der Waals surface area contributed by atoms with E-state index in [4.69, 9.17) is 0 Å². The van der Waals surface area contributed by atoms with Gasteiger partial charge in [-0.1, -0.05) is 18.2 Å². The second-order valence-corrected chi connectivity index (χ2v) is 6.07. The second kappa shape index (κ2) is 6.30. The van der Waals surface area contributed by atoms with E-state index in [0.29, 0.717) is 11.1 Å². The van der Waals surface area contributed by atoms with Crippen molar-refractivity contribution < 1.29 is 4.79 Å². The SMILES string of the molecule is CSc1cccc(NC(=O)c2cn(C)c3ccccc3c2=O)c1. The van der Waals surface area contributed by atoms with Crippen molar-refractivity contribution in [2.75, 3.05) is 11.6 Å². The summed E-state index contributed by atoms with van der Waals surface area (Å²) in [6, 6.07) is 14.8. The standard InChI is InChI=1S/C18H16N2O2S/c1-20-11-15(17(21)14-8-3-4-9-16(14)20)18(22)19-12-6-5-7-13(10-12)23-2/h3-11H,1-2H3,(H,19,22). The number of benzene rings is 2. The Balaban J connectivity index is 2.01. The third-order valence-electron chi connectivity index (χ3n) is 3.67. The van der Waals surface area contributed by atoms with Crippen LogP contribution >= 0.6 is 11.8 Å². The molecule has 4 nitrogen and oxygen atoms in total. The second-order valence-electron chi connectivity index (χ2n) is 5.19. The molecule has 0 fully saturated rings. The molecule has 0 unspecified atom stereocenters. The molecule has 1 N–H and O–H groups in total. The smallest absolute Gasteiger partial charge is 0.261 e. The van der Waals surface area contributed by atoms with Crippen LogP contribution in [0.25, 0.3) is 10.9 Å². The zero-order valence-electron chi connectivity index (χ0n) is 12.9. The molecule has 0 saturated heterocycles. The Bertz CT molecular complexity index is 947. The number of fused-ring (bicyclic) bond motifs is 1. The Morgan fingerprint density at radius 3 is 2.70 bits per heavy atom. The molecule has 3 rings (SSSR count). The van der Waals surface area contributed by atoms with Gasteiger partial charge in [0.05, 0.1) is 5.52 Å². The summed E-state index contributed by atoms with van der Waals surface area (Å²) in [6.45, 7) is 0. The summed E-state index contributed by atoms with van der Waals surface area (Å²) in [7, 11) is 1.83. The Hall–Kier alpha value is -2.53. The Labute approximate surface area is 138 Å². The molecule has 0 aliphatic carbocycles. The van der Waals surface area contributed by atoms with Gasteiger partial charge in [0.1, 0.15) is 5.56 Å². The molecular weight excluding hydrogens is 308 g/mol. The van der Waals surface area contributed by atoms with E-state index in [0.717, 1.165) is 10.4 Å². The maximum absolute atomic E-state index is 12.6. The number of nitrogens with zero attached hydrogens (tertiary/aromatic N) is 1. The summed E-state index contributed by atoms with van der Waals surface area (Å²) < 4.78 is 1.80. The largest absolute Gasteiger partial charge is 0.350 e. The molecule has 0 bridgehead atoms. The van der Waals surface area contributed by atoms with Gasteiger partial charge in [0, 0.05) is 29.2 Å². The zero-order chi connectivity index (χ0) is 16.4. The van der Waals surface area contributed by atoms with Crippen LogP contribution in [0.15, 0.2) is 64.4 Å². The normalized spacial score (nSPS) is 10.7. The van der Waals surface area contributed by atoms with Crippen LogP contribution in [0.4, 0.5) is 5.69 Å². The minimum Gasteiger partial charge on any atom is -0.350 e. The molecule has 0 saturated carbocycles. The molecular formula is C18H16N2O2S. The number of aryl methyl sites for hydroxylation is 1. The van der Waals surface area contributed by atoms with Gasteiger partial charge in [-0.25, -0.2) is 0 Å². The van der Waals surface area contributed by atoms with Gasteiger partial charge in [-0.2, -0.15) is 0 Å². The summed E-state index contributed by atoms with van der Waals surface area (Å²) in [6.07, 6.45) is 3.55. The lowest BCUT2D eigenvalue weighted by molar-refractivity contribution is 0.102. The van der Waals surface area contributed by atoms with Crippen molar-refractivity contribution in [1.82, 2.24) is 4.57 Å². The number of hydrogen-bond donors (Lipinski definition) is 1.